The molecule has 64 valence electrons. The van der Waals surface area contributed by atoms with Crippen molar-refractivity contribution in [3.8, 4) is 0 Å². The second-order valence-corrected chi connectivity index (χ2v) is 1.98. The van der Waals surface area contributed by atoms with E-state index in [1.165, 1.54) is 6.26 Å². The Labute approximate surface area is 68.7 Å². The van der Waals surface area contributed by atoms with Gasteiger partial charge in [-0.25, -0.2) is 4.79 Å². The predicted molar refractivity (Wildman–Crippen MR) is 41.8 cm³/mol. The second-order valence-electron chi connectivity index (χ2n) is 1.98. The van der Waals surface area contributed by atoms with E-state index in [0.717, 1.165) is 0 Å². The van der Waals surface area contributed by atoms with E-state index in [1.54, 1.807) is 12.1 Å². The second kappa shape index (κ2) is 4.17. The largest absolute Gasteiger partial charge is 0.449 e. The van der Waals surface area contributed by atoms with Gasteiger partial charge in [0.2, 0.25) is 5.88 Å². The first-order valence-electron chi connectivity index (χ1n) is 3.35. The minimum atomic E-state index is -0.461. The van der Waals surface area contributed by atoms with Gasteiger partial charge in [0.25, 0.3) is 0 Å². The van der Waals surface area contributed by atoms with Crippen LogP contribution in [0.25, 0.3) is 0 Å². The summed E-state index contributed by atoms with van der Waals surface area (Å²) in [6, 6.07) is 2.78. The summed E-state index contributed by atoms with van der Waals surface area (Å²) < 4.78 is 4.82. The molecule has 0 aliphatic heterocycles. The average molecular weight is 168 g/mol. The van der Waals surface area contributed by atoms with E-state index in [9.17, 15) is 9.59 Å². The van der Waals surface area contributed by atoms with Crippen LogP contribution in [-0.4, -0.2) is 18.9 Å². The fourth-order valence-electron chi connectivity index (χ4n) is 0.640. The molecule has 0 aromatic carbocycles. The number of carbonyl (C=O) groups excluding carboxylic acids is 2. The SMILES string of the molecule is O=CCNC(=O)Nc1ccco1. The van der Waals surface area contributed by atoms with Crippen molar-refractivity contribution in [3.05, 3.63) is 18.4 Å². The standard InChI is InChI=1S/C7H8N2O3/c10-4-3-8-7(11)9-6-2-1-5-12-6/h1-2,4-5H,3H2,(H2,8,9,11). The lowest BCUT2D eigenvalue weighted by molar-refractivity contribution is -0.107. The topological polar surface area (TPSA) is 71.3 Å². The first kappa shape index (κ1) is 8.32. The maximum atomic E-state index is 10.8. The molecule has 12 heavy (non-hydrogen) atoms. The molecular weight excluding hydrogens is 160 g/mol. The molecule has 2 amide bonds. The molecule has 0 saturated heterocycles. The third-order valence-electron chi connectivity index (χ3n) is 1.10. The Hall–Kier alpha value is -1.78. The van der Waals surface area contributed by atoms with Gasteiger partial charge in [-0.1, -0.05) is 0 Å². The first-order chi connectivity index (χ1) is 5.83. The van der Waals surface area contributed by atoms with E-state index in [1.807, 2.05) is 0 Å². The number of urea groups is 1. The number of amides is 2. The summed E-state index contributed by atoms with van der Waals surface area (Å²) in [5.74, 6) is 0.346. The highest BCUT2D eigenvalue weighted by Crippen LogP contribution is 2.05. The van der Waals surface area contributed by atoms with Crippen LogP contribution in [0.2, 0.25) is 0 Å². The van der Waals surface area contributed by atoms with Crippen LogP contribution in [-0.2, 0) is 4.79 Å². The zero-order valence-electron chi connectivity index (χ0n) is 6.24. The Kier molecular flexibility index (Phi) is 2.89. The summed E-state index contributed by atoms with van der Waals surface area (Å²) in [5.41, 5.74) is 0. The number of nitrogens with one attached hydrogen (secondary N) is 2. The predicted octanol–water partition coefficient (Wildman–Crippen LogP) is 0.600. The monoisotopic (exact) mass is 168 g/mol. The van der Waals surface area contributed by atoms with Crippen LogP contribution in [0.4, 0.5) is 10.7 Å². The molecule has 5 heteroatoms. The number of furan rings is 1. The fourth-order valence-corrected chi connectivity index (χ4v) is 0.640. The van der Waals surface area contributed by atoms with E-state index >= 15 is 0 Å². The van der Waals surface area contributed by atoms with Crippen molar-refractivity contribution in [2.24, 2.45) is 0 Å². The maximum Gasteiger partial charge on any atom is 0.321 e. The normalized spacial score (nSPS) is 9.00. The maximum absolute atomic E-state index is 10.8. The van der Waals surface area contributed by atoms with Crippen molar-refractivity contribution in [2.75, 3.05) is 11.9 Å². The van der Waals surface area contributed by atoms with Gasteiger partial charge < -0.3 is 14.5 Å². The molecule has 0 aliphatic carbocycles. The molecule has 0 aliphatic rings. The summed E-state index contributed by atoms with van der Waals surface area (Å²) in [5, 5.41) is 4.67. The lowest BCUT2D eigenvalue weighted by Crippen LogP contribution is -2.29. The quantitative estimate of drug-likeness (QED) is 0.649. The van der Waals surface area contributed by atoms with Crippen LogP contribution in [0.1, 0.15) is 0 Å². The van der Waals surface area contributed by atoms with Gasteiger partial charge in [0.05, 0.1) is 12.8 Å². The van der Waals surface area contributed by atoms with Crippen molar-refractivity contribution in [1.29, 1.82) is 0 Å². The van der Waals surface area contributed by atoms with Crippen molar-refractivity contribution in [2.45, 2.75) is 0 Å². The zero-order chi connectivity index (χ0) is 8.81. The van der Waals surface area contributed by atoms with Gasteiger partial charge in [-0.2, -0.15) is 0 Å². The molecule has 0 fully saturated rings. The first-order valence-corrected chi connectivity index (χ1v) is 3.35. The van der Waals surface area contributed by atoms with Gasteiger partial charge in [0, 0.05) is 6.07 Å². The van der Waals surface area contributed by atoms with Crippen LogP contribution in [0.5, 0.6) is 0 Å². The van der Waals surface area contributed by atoms with Gasteiger partial charge in [0.1, 0.15) is 6.29 Å². The fraction of sp³-hybridized carbons (Fsp3) is 0.143. The Morgan fingerprint density at radius 1 is 1.67 bits per heavy atom. The van der Waals surface area contributed by atoms with Gasteiger partial charge in [0.15, 0.2) is 0 Å². The minimum Gasteiger partial charge on any atom is -0.449 e. The molecule has 2 N–H and O–H groups in total. The summed E-state index contributed by atoms with van der Waals surface area (Å²) >= 11 is 0. The minimum absolute atomic E-state index is 0.00740. The molecule has 0 bridgehead atoms. The molecule has 1 aromatic rings. The number of rotatable bonds is 3. The van der Waals surface area contributed by atoms with Crippen molar-refractivity contribution in [3.63, 3.8) is 0 Å². The molecule has 1 rings (SSSR count). The van der Waals surface area contributed by atoms with Gasteiger partial charge in [-0.05, 0) is 6.07 Å². The van der Waals surface area contributed by atoms with E-state index in [0.29, 0.717) is 12.2 Å². The molecule has 0 atom stereocenters. The van der Waals surface area contributed by atoms with Crippen molar-refractivity contribution < 1.29 is 14.0 Å². The highest BCUT2D eigenvalue weighted by atomic mass is 16.3. The molecule has 0 unspecified atom stereocenters. The molecule has 0 saturated carbocycles. The van der Waals surface area contributed by atoms with Crippen LogP contribution < -0.4 is 10.6 Å². The Morgan fingerprint density at radius 3 is 3.08 bits per heavy atom. The van der Waals surface area contributed by atoms with E-state index < -0.39 is 6.03 Å². The van der Waals surface area contributed by atoms with E-state index in [-0.39, 0.29) is 6.54 Å². The molecular formula is C7H8N2O3. The number of carbonyl (C=O) groups is 2. The van der Waals surface area contributed by atoms with E-state index in [4.69, 9.17) is 4.42 Å². The Bertz CT molecular complexity index is 256. The zero-order valence-corrected chi connectivity index (χ0v) is 6.24. The highest BCUT2D eigenvalue weighted by Gasteiger charge is 2.00. The van der Waals surface area contributed by atoms with Gasteiger partial charge >= 0.3 is 6.03 Å². The van der Waals surface area contributed by atoms with Crippen LogP contribution in [0, 0.1) is 0 Å². The smallest absolute Gasteiger partial charge is 0.321 e. The Balaban J connectivity index is 2.32. The molecule has 0 radical (unpaired) electrons. The lowest BCUT2D eigenvalue weighted by atomic mass is 10.6. The van der Waals surface area contributed by atoms with Crippen LogP contribution in [0.15, 0.2) is 22.8 Å². The van der Waals surface area contributed by atoms with Crippen LogP contribution >= 0.6 is 0 Å². The third kappa shape index (κ3) is 2.45. The Morgan fingerprint density at radius 2 is 2.50 bits per heavy atom. The number of anilines is 1. The van der Waals surface area contributed by atoms with Gasteiger partial charge in [-0.15, -0.1) is 0 Å². The summed E-state index contributed by atoms with van der Waals surface area (Å²) in [6.07, 6.45) is 2.04. The number of aldehydes is 1. The van der Waals surface area contributed by atoms with Crippen LogP contribution in [0.3, 0.4) is 0 Å². The van der Waals surface area contributed by atoms with Crippen molar-refractivity contribution in [1.82, 2.24) is 5.32 Å². The highest BCUT2D eigenvalue weighted by molar-refractivity contribution is 5.88. The molecule has 1 aromatic heterocycles. The summed E-state index contributed by atoms with van der Waals surface area (Å²) in [4.78, 5) is 20.7. The molecule has 5 nitrogen and oxygen atoms in total. The number of hydrogen-bond donors (Lipinski definition) is 2. The third-order valence-corrected chi connectivity index (χ3v) is 1.10. The number of hydrogen-bond acceptors (Lipinski definition) is 3. The molecule has 1 heterocycles. The van der Waals surface area contributed by atoms with Crippen molar-refractivity contribution >= 4 is 18.2 Å². The average Bonchev–Trinajstić information content (AvgIpc) is 2.53. The summed E-state index contributed by atoms with van der Waals surface area (Å²) in [6.45, 7) is -0.00740. The van der Waals surface area contributed by atoms with E-state index in [2.05, 4.69) is 10.6 Å². The summed E-state index contributed by atoms with van der Waals surface area (Å²) in [7, 11) is 0. The lowest BCUT2D eigenvalue weighted by Gasteiger charge is -2.00. The van der Waals surface area contributed by atoms with Gasteiger partial charge in [-0.3, -0.25) is 5.32 Å². The molecule has 0 spiro atoms.